The first-order valence-corrected chi connectivity index (χ1v) is 13.6. The van der Waals surface area contributed by atoms with Crippen LogP contribution in [0, 0.1) is 0 Å². The van der Waals surface area contributed by atoms with Crippen LogP contribution < -0.4 is 10.2 Å². The summed E-state index contributed by atoms with van der Waals surface area (Å²) >= 11 is 0. The standard InChI is InChI=1S/C26H31N3O5S/c1-19(25-17-20-7-3-4-8-24(20)34-25)27-26(30)22-18-21(35(31,32)29-13-15-33-16-14-29)9-10-23(22)28-11-5-2-6-12-28/h3-4,7-10,17-19H,2,5-6,11-16H2,1H3,(H,27,30)/t19-/m1/s1. The number of benzene rings is 2. The number of nitrogens with zero attached hydrogens (tertiary/aromatic N) is 2. The summed E-state index contributed by atoms with van der Waals surface area (Å²) in [4.78, 5) is 15.9. The molecule has 1 N–H and O–H groups in total. The first kappa shape index (κ1) is 23.8. The molecule has 3 aromatic rings. The topological polar surface area (TPSA) is 92.1 Å². The van der Waals surface area contributed by atoms with E-state index in [9.17, 15) is 13.2 Å². The predicted molar refractivity (Wildman–Crippen MR) is 134 cm³/mol. The summed E-state index contributed by atoms with van der Waals surface area (Å²) < 4.78 is 39.3. The van der Waals surface area contributed by atoms with Gasteiger partial charge in [-0.15, -0.1) is 0 Å². The van der Waals surface area contributed by atoms with Crippen molar-refractivity contribution in [2.45, 2.75) is 37.1 Å². The maximum Gasteiger partial charge on any atom is 0.254 e. The Kier molecular flexibility index (Phi) is 6.82. The number of hydrogen-bond acceptors (Lipinski definition) is 6. The van der Waals surface area contributed by atoms with Crippen LogP contribution in [-0.4, -0.2) is 58.0 Å². The van der Waals surface area contributed by atoms with Crippen LogP contribution in [-0.2, 0) is 14.8 Å². The number of rotatable bonds is 6. The highest BCUT2D eigenvalue weighted by Gasteiger charge is 2.29. The van der Waals surface area contributed by atoms with Crippen LogP contribution in [0.2, 0.25) is 0 Å². The minimum atomic E-state index is -3.73. The van der Waals surface area contributed by atoms with Gasteiger partial charge in [-0.05, 0) is 56.5 Å². The number of furan rings is 1. The van der Waals surface area contributed by atoms with E-state index in [-0.39, 0.29) is 16.8 Å². The van der Waals surface area contributed by atoms with E-state index in [0.29, 0.717) is 37.6 Å². The van der Waals surface area contributed by atoms with E-state index in [4.69, 9.17) is 9.15 Å². The average Bonchev–Trinajstić information content (AvgIpc) is 3.34. The fraction of sp³-hybridized carbons (Fsp3) is 0.423. The van der Waals surface area contributed by atoms with Gasteiger partial charge in [0, 0.05) is 37.3 Å². The van der Waals surface area contributed by atoms with Gasteiger partial charge < -0.3 is 19.4 Å². The second-order valence-electron chi connectivity index (χ2n) is 9.12. The molecule has 5 rings (SSSR count). The number of amides is 1. The highest BCUT2D eigenvalue weighted by atomic mass is 32.2. The van der Waals surface area contributed by atoms with E-state index in [0.717, 1.165) is 49.0 Å². The Balaban J connectivity index is 1.46. The molecule has 0 saturated carbocycles. The number of anilines is 1. The van der Waals surface area contributed by atoms with E-state index in [1.165, 1.54) is 10.4 Å². The Morgan fingerprint density at radius 1 is 0.971 bits per heavy atom. The minimum Gasteiger partial charge on any atom is -0.459 e. The summed E-state index contributed by atoms with van der Waals surface area (Å²) in [5.74, 6) is 0.328. The summed E-state index contributed by atoms with van der Waals surface area (Å²) in [5.41, 5.74) is 1.89. The van der Waals surface area contributed by atoms with Crippen LogP contribution in [0.5, 0.6) is 0 Å². The van der Waals surface area contributed by atoms with Crippen LogP contribution in [0.4, 0.5) is 5.69 Å². The Morgan fingerprint density at radius 3 is 2.46 bits per heavy atom. The first-order valence-electron chi connectivity index (χ1n) is 12.2. The SMILES string of the molecule is C[C@@H](NC(=O)c1cc(S(=O)(=O)N2CCOCC2)ccc1N1CCCCC1)c1cc2ccccc2o1. The molecule has 2 aromatic carbocycles. The first-order chi connectivity index (χ1) is 16.9. The Hall–Kier alpha value is -2.88. The molecular weight excluding hydrogens is 466 g/mol. The lowest BCUT2D eigenvalue weighted by Gasteiger charge is -2.31. The molecule has 0 unspecified atom stereocenters. The molecule has 0 aliphatic carbocycles. The zero-order valence-corrected chi connectivity index (χ0v) is 20.7. The summed E-state index contributed by atoms with van der Waals surface area (Å²) in [6.45, 7) is 4.90. The summed E-state index contributed by atoms with van der Waals surface area (Å²) in [5, 5.41) is 3.99. The number of sulfonamides is 1. The van der Waals surface area contributed by atoms with Crippen molar-refractivity contribution < 1.29 is 22.4 Å². The molecule has 2 aliphatic heterocycles. The predicted octanol–water partition coefficient (Wildman–Crippen LogP) is 3.94. The highest BCUT2D eigenvalue weighted by Crippen LogP contribution is 2.30. The number of nitrogens with one attached hydrogen (secondary N) is 1. The lowest BCUT2D eigenvalue weighted by molar-refractivity contribution is 0.0730. The average molecular weight is 498 g/mol. The second kappa shape index (κ2) is 10.0. The molecule has 0 radical (unpaired) electrons. The monoisotopic (exact) mass is 497 g/mol. The van der Waals surface area contributed by atoms with Crippen molar-refractivity contribution in [3.63, 3.8) is 0 Å². The maximum atomic E-state index is 13.6. The quantitative estimate of drug-likeness (QED) is 0.555. The van der Waals surface area contributed by atoms with Crippen LogP contribution >= 0.6 is 0 Å². The Bertz CT molecular complexity index is 1270. The van der Waals surface area contributed by atoms with Gasteiger partial charge in [0.05, 0.1) is 29.7 Å². The molecule has 3 heterocycles. The number of carbonyl (C=O) groups excluding carboxylic acids is 1. The van der Waals surface area contributed by atoms with Gasteiger partial charge in [-0.25, -0.2) is 8.42 Å². The van der Waals surface area contributed by atoms with Gasteiger partial charge in [-0.1, -0.05) is 18.2 Å². The Morgan fingerprint density at radius 2 is 1.71 bits per heavy atom. The fourth-order valence-electron chi connectivity index (χ4n) is 4.77. The lowest BCUT2D eigenvalue weighted by Crippen LogP contribution is -2.40. The third-order valence-corrected chi connectivity index (χ3v) is 8.63. The zero-order valence-electron chi connectivity index (χ0n) is 19.9. The summed E-state index contributed by atoms with van der Waals surface area (Å²) in [7, 11) is -3.73. The third-order valence-electron chi connectivity index (χ3n) is 6.74. The van der Waals surface area contributed by atoms with Crippen molar-refractivity contribution in [1.82, 2.24) is 9.62 Å². The number of ether oxygens (including phenoxy) is 1. The van der Waals surface area contributed by atoms with Crippen molar-refractivity contribution >= 4 is 32.6 Å². The summed E-state index contributed by atoms with van der Waals surface area (Å²) in [6.07, 6.45) is 3.25. The Labute approximate surface area is 205 Å². The molecule has 1 amide bonds. The molecule has 2 fully saturated rings. The van der Waals surface area contributed by atoms with E-state index in [1.807, 2.05) is 37.3 Å². The highest BCUT2D eigenvalue weighted by molar-refractivity contribution is 7.89. The molecule has 186 valence electrons. The molecule has 0 spiro atoms. The van der Waals surface area contributed by atoms with E-state index < -0.39 is 10.0 Å². The molecule has 35 heavy (non-hydrogen) atoms. The molecule has 2 aliphatic rings. The number of morpholine rings is 1. The number of hydrogen-bond donors (Lipinski definition) is 1. The van der Waals surface area contributed by atoms with Crippen LogP contribution in [0.15, 0.2) is 57.8 Å². The van der Waals surface area contributed by atoms with Gasteiger partial charge >= 0.3 is 0 Å². The molecule has 2 saturated heterocycles. The minimum absolute atomic E-state index is 0.127. The van der Waals surface area contributed by atoms with Gasteiger partial charge in [-0.2, -0.15) is 4.31 Å². The van der Waals surface area contributed by atoms with Gasteiger partial charge in [0.2, 0.25) is 10.0 Å². The van der Waals surface area contributed by atoms with Gasteiger partial charge in [0.25, 0.3) is 5.91 Å². The smallest absolute Gasteiger partial charge is 0.254 e. The molecule has 1 atom stereocenters. The number of piperidine rings is 1. The van der Waals surface area contributed by atoms with Crippen LogP contribution in [0.1, 0.15) is 48.3 Å². The van der Waals surface area contributed by atoms with Gasteiger partial charge in [-0.3, -0.25) is 4.79 Å². The number of carbonyl (C=O) groups is 1. The molecular formula is C26H31N3O5S. The number of fused-ring (bicyclic) bond motifs is 1. The van der Waals surface area contributed by atoms with E-state index in [1.54, 1.807) is 12.1 Å². The van der Waals surface area contributed by atoms with E-state index in [2.05, 4.69) is 10.2 Å². The van der Waals surface area contributed by atoms with Crippen LogP contribution in [0.25, 0.3) is 11.0 Å². The molecule has 8 nitrogen and oxygen atoms in total. The second-order valence-corrected chi connectivity index (χ2v) is 11.1. The molecule has 9 heteroatoms. The summed E-state index contributed by atoms with van der Waals surface area (Å²) in [6, 6.07) is 14.2. The maximum absolute atomic E-state index is 13.6. The fourth-order valence-corrected chi connectivity index (χ4v) is 6.20. The molecule has 1 aromatic heterocycles. The van der Waals surface area contributed by atoms with E-state index >= 15 is 0 Å². The van der Waals surface area contributed by atoms with Crippen molar-refractivity contribution in [2.75, 3.05) is 44.3 Å². The normalized spacial score (nSPS) is 18.5. The van der Waals surface area contributed by atoms with Crippen molar-refractivity contribution in [1.29, 1.82) is 0 Å². The van der Waals surface area contributed by atoms with Crippen LogP contribution in [0.3, 0.4) is 0 Å². The third kappa shape index (κ3) is 4.94. The van der Waals surface area contributed by atoms with Crippen molar-refractivity contribution in [3.05, 3.63) is 59.9 Å². The van der Waals surface area contributed by atoms with Gasteiger partial charge in [0.1, 0.15) is 11.3 Å². The van der Waals surface area contributed by atoms with Gasteiger partial charge in [0.15, 0.2) is 0 Å². The van der Waals surface area contributed by atoms with Crippen molar-refractivity contribution in [2.24, 2.45) is 0 Å². The number of para-hydroxylation sites is 1. The zero-order chi connectivity index (χ0) is 24.4. The lowest BCUT2D eigenvalue weighted by atomic mass is 10.1. The largest absolute Gasteiger partial charge is 0.459 e. The van der Waals surface area contributed by atoms with Crippen molar-refractivity contribution in [3.8, 4) is 0 Å². The molecule has 0 bridgehead atoms.